The maximum absolute atomic E-state index is 14.1. The number of halogens is 1. The Morgan fingerprint density at radius 1 is 1.27 bits per heavy atom. The van der Waals surface area contributed by atoms with Crippen molar-refractivity contribution in [1.82, 2.24) is 19.7 Å². The summed E-state index contributed by atoms with van der Waals surface area (Å²) in [6.07, 6.45) is 4.64. The Morgan fingerprint density at radius 2 is 2.00 bits per heavy atom. The van der Waals surface area contributed by atoms with Crippen molar-refractivity contribution in [2.75, 3.05) is 0 Å². The van der Waals surface area contributed by atoms with Gasteiger partial charge in [-0.25, -0.2) is 9.37 Å². The highest BCUT2D eigenvalue weighted by atomic mass is 19.1. The monoisotopic (exact) mass is 448 g/mol. The first-order valence-corrected chi connectivity index (χ1v) is 11.6. The third kappa shape index (κ3) is 3.41. The standard InChI is InChI=1S/C26H29FN4O2/c1-14(2)23-21(16-7-9-26(4,10-8-16)25(32)33)22-20(12-17-13-28-30-24(17)29-22)31(23)18-5-6-19(27)15(3)11-18/h5-6,11-14,16H,7-10H2,1-4H3,(H,32,33)(H,28,29,30)/t16-,26-. The molecule has 0 radical (unpaired) electrons. The van der Waals surface area contributed by atoms with E-state index in [1.807, 2.05) is 19.1 Å². The van der Waals surface area contributed by atoms with E-state index in [-0.39, 0.29) is 17.7 Å². The number of carboxylic acid groups (broad SMARTS) is 1. The number of carboxylic acids is 1. The minimum Gasteiger partial charge on any atom is -0.481 e. The predicted octanol–water partition coefficient (Wildman–Crippen LogP) is 6.22. The van der Waals surface area contributed by atoms with Gasteiger partial charge in [0.15, 0.2) is 5.65 Å². The molecule has 0 bridgehead atoms. The summed E-state index contributed by atoms with van der Waals surface area (Å²) < 4.78 is 16.3. The second kappa shape index (κ2) is 7.68. The van der Waals surface area contributed by atoms with Crippen LogP contribution in [-0.2, 0) is 4.79 Å². The number of pyridine rings is 1. The molecule has 1 fully saturated rings. The number of hydrogen-bond acceptors (Lipinski definition) is 3. The van der Waals surface area contributed by atoms with Crippen LogP contribution in [0.5, 0.6) is 0 Å². The second-order valence-corrected chi connectivity index (χ2v) is 10.0. The number of aryl methyl sites for hydroxylation is 1. The van der Waals surface area contributed by atoms with E-state index in [0.717, 1.165) is 46.3 Å². The SMILES string of the molecule is Cc1cc(-n2c(C(C)C)c([C@H]3CC[C@](C)(C(=O)O)CC3)c3nc4[nH]ncc4cc32)ccc1F. The van der Waals surface area contributed by atoms with Gasteiger partial charge in [0.1, 0.15) is 5.82 Å². The van der Waals surface area contributed by atoms with E-state index in [2.05, 4.69) is 34.7 Å². The van der Waals surface area contributed by atoms with Crippen LogP contribution >= 0.6 is 0 Å². The molecule has 3 heterocycles. The first kappa shape index (κ1) is 21.6. The van der Waals surface area contributed by atoms with Crippen LogP contribution in [0, 0.1) is 18.2 Å². The molecule has 0 atom stereocenters. The molecule has 0 amide bonds. The van der Waals surface area contributed by atoms with Gasteiger partial charge >= 0.3 is 5.97 Å². The summed E-state index contributed by atoms with van der Waals surface area (Å²) >= 11 is 0. The van der Waals surface area contributed by atoms with Crippen LogP contribution in [0.1, 0.15) is 75.1 Å². The molecule has 7 heteroatoms. The lowest BCUT2D eigenvalue weighted by atomic mass is 9.69. The zero-order valence-corrected chi connectivity index (χ0v) is 19.4. The average molecular weight is 449 g/mol. The molecule has 2 N–H and O–H groups in total. The number of nitrogens with one attached hydrogen (secondary N) is 1. The van der Waals surface area contributed by atoms with Gasteiger partial charge in [-0.2, -0.15) is 5.10 Å². The molecule has 4 aromatic rings. The fourth-order valence-corrected chi connectivity index (χ4v) is 5.38. The lowest BCUT2D eigenvalue weighted by Crippen LogP contribution is -2.32. The third-order valence-electron chi connectivity index (χ3n) is 7.38. The van der Waals surface area contributed by atoms with Crippen molar-refractivity contribution in [2.45, 2.75) is 65.2 Å². The number of fused-ring (bicyclic) bond motifs is 2. The molecule has 5 rings (SSSR count). The second-order valence-electron chi connectivity index (χ2n) is 10.0. The highest BCUT2D eigenvalue weighted by Crippen LogP contribution is 2.48. The van der Waals surface area contributed by atoms with Crippen molar-refractivity contribution < 1.29 is 14.3 Å². The summed E-state index contributed by atoms with van der Waals surface area (Å²) in [6.45, 7) is 7.97. The summed E-state index contributed by atoms with van der Waals surface area (Å²) in [4.78, 5) is 16.8. The van der Waals surface area contributed by atoms with Gasteiger partial charge in [-0.3, -0.25) is 9.89 Å². The fraction of sp³-hybridized carbons (Fsp3) is 0.423. The van der Waals surface area contributed by atoms with Crippen molar-refractivity contribution in [1.29, 1.82) is 0 Å². The van der Waals surface area contributed by atoms with E-state index in [1.54, 1.807) is 13.1 Å². The highest BCUT2D eigenvalue weighted by molar-refractivity contribution is 5.93. The van der Waals surface area contributed by atoms with Crippen molar-refractivity contribution >= 4 is 28.0 Å². The van der Waals surface area contributed by atoms with Gasteiger partial charge in [0.25, 0.3) is 0 Å². The van der Waals surface area contributed by atoms with E-state index in [0.29, 0.717) is 18.4 Å². The van der Waals surface area contributed by atoms with Crippen molar-refractivity contribution in [3.05, 3.63) is 53.1 Å². The summed E-state index contributed by atoms with van der Waals surface area (Å²) in [5, 5.41) is 17.8. The smallest absolute Gasteiger partial charge is 0.309 e. The van der Waals surface area contributed by atoms with Crippen molar-refractivity contribution in [3.8, 4) is 5.69 Å². The first-order chi connectivity index (χ1) is 15.7. The normalized spacial score (nSPS) is 21.3. The summed E-state index contributed by atoms with van der Waals surface area (Å²) in [5.41, 5.74) is 5.80. The number of nitrogens with zero attached hydrogens (tertiary/aromatic N) is 3. The zero-order valence-electron chi connectivity index (χ0n) is 19.4. The Kier molecular flexibility index (Phi) is 5.03. The van der Waals surface area contributed by atoms with Gasteiger partial charge in [-0.1, -0.05) is 13.8 Å². The minimum atomic E-state index is -0.716. The molecule has 1 aliphatic carbocycles. The van der Waals surface area contributed by atoms with Crippen molar-refractivity contribution in [2.24, 2.45) is 5.41 Å². The first-order valence-electron chi connectivity index (χ1n) is 11.6. The van der Waals surface area contributed by atoms with Gasteiger partial charge in [0.05, 0.1) is 22.6 Å². The Balaban J connectivity index is 1.77. The number of carbonyl (C=O) groups is 1. The maximum atomic E-state index is 14.1. The molecule has 0 unspecified atom stereocenters. The number of H-pyrrole nitrogens is 1. The Bertz CT molecular complexity index is 1380. The molecule has 1 aromatic carbocycles. The van der Waals surface area contributed by atoms with Gasteiger partial charge in [-0.05, 0) is 81.2 Å². The minimum absolute atomic E-state index is 0.198. The molecule has 33 heavy (non-hydrogen) atoms. The molecule has 1 saturated carbocycles. The third-order valence-corrected chi connectivity index (χ3v) is 7.38. The summed E-state index contributed by atoms with van der Waals surface area (Å²) in [6, 6.07) is 7.31. The predicted molar refractivity (Wildman–Crippen MR) is 126 cm³/mol. The van der Waals surface area contributed by atoms with E-state index in [4.69, 9.17) is 4.98 Å². The lowest BCUT2D eigenvalue weighted by Gasteiger charge is -2.34. The molecule has 0 saturated heterocycles. The number of benzene rings is 1. The highest BCUT2D eigenvalue weighted by Gasteiger charge is 2.40. The van der Waals surface area contributed by atoms with Crippen LogP contribution in [0.2, 0.25) is 0 Å². The Hall–Kier alpha value is -3.22. The fourth-order valence-electron chi connectivity index (χ4n) is 5.38. The number of aromatic amines is 1. The molecule has 0 aliphatic heterocycles. The summed E-state index contributed by atoms with van der Waals surface area (Å²) in [7, 11) is 0. The molecule has 0 spiro atoms. The van der Waals surface area contributed by atoms with Crippen LogP contribution in [0.25, 0.3) is 27.8 Å². The van der Waals surface area contributed by atoms with Gasteiger partial charge in [-0.15, -0.1) is 0 Å². The van der Waals surface area contributed by atoms with Crippen LogP contribution in [-0.4, -0.2) is 30.8 Å². The lowest BCUT2D eigenvalue weighted by molar-refractivity contribution is -0.149. The Labute approximate surface area is 191 Å². The van der Waals surface area contributed by atoms with Crippen molar-refractivity contribution in [3.63, 3.8) is 0 Å². The molecule has 172 valence electrons. The topological polar surface area (TPSA) is 83.8 Å². The van der Waals surface area contributed by atoms with Gasteiger partial charge < -0.3 is 9.67 Å². The van der Waals surface area contributed by atoms with Crippen LogP contribution in [0.3, 0.4) is 0 Å². The summed E-state index contributed by atoms with van der Waals surface area (Å²) in [5.74, 6) is -0.527. The number of hydrogen-bond donors (Lipinski definition) is 2. The quantitative estimate of drug-likeness (QED) is 0.388. The molecular formula is C26H29FN4O2. The number of aliphatic carboxylic acids is 1. The van der Waals surface area contributed by atoms with E-state index in [1.165, 1.54) is 11.6 Å². The number of rotatable bonds is 4. The number of aromatic nitrogens is 4. The van der Waals surface area contributed by atoms with Gasteiger partial charge in [0, 0.05) is 22.3 Å². The molecular weight excluding hydrogens is 419 g/mol. The van der Waals surface area contributed by atoms with Crippen LogP contribution < -0.4 is 0 Å². The van der Waals surface area contributed by atoms with Gasteiger partial charge in [0.2, 0.25) is 0 Å². The van der Waals surface area contributed by atoms with E-state index < -0.39 is 11.4 Å². The van der Waals surface area contributed by atoms with Crippen LogP contribution in [0.4, 0.5) is 4.39 Å². The Morgan fingerprint density at radius 3 is 2.64 bits per heavy atom. The maximum Gasteiger partial charge on any atom is 0.309 e. The zero-order chi connectivity index (χ0) is 23.5. The molecule has 6 nitrogen and oxygen atoms in total. The van der Waals surface area contributed by atoms with E-state index in [9.17, 15) is 14.3 Å². The van der Waals surface area contributed by atoms with Crippen LogP contribution in [0.15, 0.2) is 30.5 Å². The molecule has 1 aliphatic rings. The largest absolute Gasteiger partial charge is 0.481 e. The van der Waals surface area contributed by atoms with E-state index >= 15 is 0 Å². The average Bonchev–Trinajstić information content (AvgIpc) is 3.36. The molecule has 3 aromatic heterocycles.